The first-order valence-electron chi connectivity index (χ1n) is 6.85. The van der Waals surface area contributed by atoms with Gasteiger partial charge in [-0.15, -0.1) is 0 Å². The Morgan fingerprint density at radius 1 is 1.40 bits per heavy atom. The van der Waals surface area contributed by atoms with Crippen LogP contribution in [0.1, 0.15) is 31.4 Å². The minimum atomic E-state index is -3.42. The molecule has 1 aromatic carbocycles. The molecular weight excluding hydrogens is 279 g/mol. The summed E-state index contributed by atoms with van der Waals surface area (Å²) in [4.78, 5) is 2.24. The number of benzene rings is 1. The smallest absolute Gasteiger partial charge is 0.209 e. The third-order valence-electron chi connectivity index (χ3n) is 3.92. The van der Waals surface area contributed by atoms with Crippen molar-refractivity contribution in [2.75, 3.05) is 18.8 Å². The molecule has 20 heavy (non-hydrogen) atoms. The number of rotatable bonds is 4. The molecule has 0 unspecified atom stereocenters. The predicted molar refractivity (Wildman–Crippen MR) is 77.1 cm³/mol. The predicted octanol–water partition coefficient (Wildman–Crippen LogP) is 1.89. The van der Waals surface area contributed by atoms with Crippen molar-refractivity contribution in [1.29, 1.82) is 0 Å². The van der Waals surface area contributed by atoms with E-state index < -0.39 is 10.0 Å². The summed E-state index contributed by atoms with van der Waals surface area (Å²) in [6.45, 7) is 3.71. The first-order chi connectivity index (χ1) is 9.35. The molecule has 2 atom stereocenters. The lowest BCUT2D eigenvalue weighted by Gasteiger charge is -2.36. The van der Waals surface area contributed by atoms with Crippen molar-refractivity contribution in [3.05, 3.63) is 35.6 Å². The summed E-state index contributed by atoms with van der Waals surface area (Å²) in [6, 6.07) is 6.63. The summed E-state index contributed by atoms with van der Waals surface area (Å²) in [5.41, 5.74) is 1.04. The molecule has 0 amide bonds. The van der Waals surface area contributed by atoms with Gasteiger partial charge in [0.25, 0.3) is 0 Å². The van der Waals surface area contributed by atoms with Gasteiger partial charge < -0.3 is 0 Å². The van der Waals surface area contributed by atoms with Crippen LogP contribution in [0.2, 0.25) is 0 Å². The van der Waals surface area contributed by atoms with E-state index >= 15 is 0 Å². The molecule has 112 valence electrons. The summed E-state index contributed by atoms with van der Waals surface area (Å²) in [5.74, 6) is -0.118. The Morgan fingerprint density at radius 3 is 2.65 bits per heavy atom. The van der Waals surface area contributed by atoms with Crippen LogP contribution in [-0.2, 0) is 10.0 Å². The molecule has 0 radical (unpaired) electrons. The molecule has 0 bridgehead atoms. The van der Waals surface area contributed by atoms with E-state index in [1.165, 1.54) is 12.1 Å². The second kappa shape index (κ2) is 6.20. The van der Waals surface area contributed by atoms with Crippen LogP contribution in [-0.4, -0.2) is 32.2 Å². The third-order valence-corrected chi connectivity index (χ3v) is 4.85. The van der Waals surface area contributed by atoms with Crippen molar-refractivity contribution >= 4 is 10.0 Å². The number of piperidine rings is 1. The highest BCUT2D eigenvalue weighted by molar-refractivity contribution is 7.89. The zero-order valence-corrected chi connectivity index (χ0v) is 12.4. The largest absolute Gasteiger partial charge is 0.296 e. The monoisotopic (exact) mass is 300 g/mol. The van der Waals surface area contributed by atoms with Crippen LogP contribution < -0.4 is 5.14 Å². The molecular formula is C14H21FN2O2S. The number of nitrogens with two attached hydrogens (primary N) is 1. The first-order valence-corrected chi connectivity index (χ1v) is 8.56. The highest BCUT2D eigenvalue weighted by Gasteiger charge is 2.26. The number of hydrogen-bond donors (Lipinski definition) is 1. The molecule has 0 saturated carbocycles. The summed E-state index contributed by atoms with van der Waals surface area (Å²) in [7, 11) is -3.42. The van der Waals surface area contributed by atoms with E-state index in [0.717, 1.165) is 31.5 Å². The number of sulfonamides is 1. The summed E-state index contributed by atoms with van der Waals surface area (Å²) < 4.78 is 35.3. The second-order valence-corrected chi connectivity index (χ2v) is 7.22. The van der Waals surface area contributed by atoms with Gasteiger partial charge in [-0.1, -0.05) is 12.1 Å². The van der Waals surface area contributed by atoms with Crippen LogP contribution >= 0.6 is 0 Å². The van der Waals surface area contributed by atoms with E-state index in [-0.39, 0.29) is 23.5 Å². The van der Waals surface area contributed by atoms with Gasteiger partial charge >= 0.3 is 0 Å². The minimum absolute atomic E-state index is 0.0413. The lowest BCUT2D eigenvalue weighted by molar-refractivity contribution is 0.140. The molecule has 1 aliphatic rings. The summed E-state index contributed by atoms with van der Waals surface area (Å²) in [5, 5.41) is 5.13. The molecule has 1 saturated heterocycles. The summed E-state index contributed by atoms with van der Waals surface area (Å²) in [6.07, 6.45) is 1.86. The Morgan fingerprint density at radius 2 is 2.05 bits per heavy atom. The molecule has 4 nitrogen and oxygen atoms in total. The van der Waals surface area contributed by atoms with E-state index in [1.54, 1.807) is 12.1 Å². The average molecular weight is 300 g/mol. The van der Waals surface area contributed by atoms with E-state index in [2.05, 4.69) is 11.8 Å². The van der Waals surface area contributed by atoms with Gasteiger partial charge in [-0.05, 0) is 49.9 Å². The fourth-order valence-corrected chi connectivity index (χ4v) is 3.79. The zero-order chi connectivity index (χ0) is 14.8. The van der Waals surface area contributed by atoms with Crippen LogP contribution in [0.15, 0.2) is 24.3 Å². The Labute approximate surface area is 119 Å². The maximum absolute atomic E-state index is 12.9. The maximum atomic E-state index is 12.9. The molecule has 6 heteroatoms. The SMILES string of the molecule is C[C@H](c1ccc(F)cc1)N1CCC[C@@H](CS(N)(=O)=O)C1. The fourth-order valence-electron chi connectivity index (χ4n) is 2.87. The van der Waals surface area contributed by atoms with Crippen molar-refractivity contribution in [2.24, 2.45) is 11.1 Å². The Hall–Kier alpha value is -0.980. The van der Waals surface area contributed by atoms with Crippen LogP contribution in [0, 0.1) is 11.7 Å². The number of primary sulfonamides is 1. The van der Waals surface area contributed by atoms with Gasteiger partial charge in [-0.25, -0.2) is 17.9 Å². The van der Waals surface area contributed by atoms with Crippen molar-refractivity contribution in [3.63, 3.8) is 0 Å². The van der Waals surface area contributed by atoms with Gasteiger partial charge in [0, 0.05) is 12.6 Å². The van der Waals surface area contributed by atoms with Crippen LogP contribution in [0.4, 0.5) is 4.39 Å². The molecule has 0 spiro atoms. The number of likely N-dealkylation sites (tertiary alicyclic amines) is 1. The van der Waals surface area contributed by atoms with Gasteiger partial charge in [0.05, 0.1) is 5.75 Å². The van der Waals surface area contributed by atoms with Gasteiger partial charge in [0.15, 0.2) is 0 Å². The highest BCUT2D eigenvalue weighted by atomic mass is 32.2. The van der Waals surface area contributed by atoms with Crippen molar-refractivity contribution in [1.82, 2.24) is 4.90 Å². The lowest BCUT2D eigenvalue weighted by Crippen LogP contribution is -2.40. The van der Waals surface area contributed by atoms with Gasteiger partial charge in [-0.3, -0.25) is 4.90 Å². The van der Waals surface area contributed by atoms with E-state index in [4.69, 9.17) is 5.14 Å². The standard InChI is InChI=1S/C14H21FN2O2S/c1-11(13-4-6-14(15)7-5-13)17-8-2-3-12(9-17)10-20(16,18)19/h4-7,11-12H,2-3,8-10H2,1H3,(H2,16,18,19)/t11-,12-/m1/s1. The van der Waals surface area contributed by atoms with E-state index in [1.807, 2.05) is 0 Å². The van der Waals surface area contributed by atoms with Gasteiger partial charge in [0.2, 0.25) is 10.0 Å². The quantitative estimate of drug-likeness (QED) is 0.923. The molecule has 1 aliphatic heterocycles. The molecule has 2 rings (SSSR count). The van der Waals surface area contributed by atoms with Crippen molar-refractivity contribution in [3.8, 4) is 0 Å². The van der Waals surface area contributed by atoms with E-state index in [0.29, 0.717) is 0 Å². The Bertz CT molecular complexity index is 545. The molecule has 2 N–H and O–H groups in total. The number of halogens is 1. The number of hydrogen-bond acceptors (Lipinski definition) is 3. The Balaban J connectivity index is 2.03. The maximum Gasteiger partial charge on any atom is 0.209 e. The molecule has 1 aromatic rings. The zero-order valence-electron chi connectivity index (χ0n) is 11.6. The first kappa shape index (κ1) is 15.4. The van der Waals surface area contributed by atoms with Crippen LogP contribution in [0.5, 0.6) is 0 Å². The average Bonchev–Trinajstić information content (AvgIpc) is 2.37. The van der Waals surface area contributed by atoms with Gasteiger partial charge in [0.1, 0.15) is 5.82 Å². The molecule has 1 heterocycles. The topological polar surface area (TPSA) is 63.4 Å². The van der Waals surface area contributed by atoms with Crippen LogP contribution in [0.3, 0.4) is 0 Å². The van der Waals surface area contributed by atoms with Crippen molar-refractivity contribution in [2.45, 2.75) is 25.8 Å². The third kappa shape index (κ3) is 4.26. The minimum Gasteiger partial charge on any atom is -0.296 e. The normalized spacial score (nSPS) is 22.6. The molecule has 0 aromatic heterocycles. The van der Waals surface area contributed by atoms with E-state index in [9.17, 15) is 12.8 Å². The highest BCUT2D eigenvalue weighted by Crippen LogP contribution is 2.27. The molecule has 0 aliphatic carbocycles. The lowest BCUT2D eigenvalue weighted by atomic mass is 9.96. The summed E-state index contributed by atoms with van der Waals surface area (Å²) >= 11 is 0. The van der Waals surface area contributed by atoms with Gasteiger partial charge in [-0.2, -0.15) is 0 Å². The van der Waals surface area contributed by atoms with Crippen molar-refractivity contribution < 1.29 is 12.8 Å². The van der Waals surface area contributed by atoms with Crippen LogP contribution in [0.25, 0.3) is 0 Å². The fraction of sp³-hybridized carbons (Fsp3) is 0.571. The number of nitrogens with zero attached hydrogens (tertiary/aromatic N) is 1. The molecule has 1 fully saturated rings. The second-order valence-electron chi connectivity index (χ2n) is 5.56. The Kier molecular flexibility index (Phi) is 4.78.